The van der Waals surface area contributed by atoms with E-state index in [2.05, 4.69) is 5.16 Å². The Morgan fingerprint density at radius 1 is 1.42 bits per heavy atom. The summed E-state index contributed by atoms with van der Waals surface area (Å²) < 4.78 is 9.87. The Morgan fingerprint density at radius 3 is 2.74 bits per heavy atom. The van der Waals surface area contributed by atoms with Gasteiger partial charge in [-0.3, -0.25) is 0 Å². The topological polar surface area (TPSA) is 83.1 Å². The SMILES string of the molecule is COC(=O)C(=NO[C@@H]1CCOC1)c1ccc(N)cc1. The van der Waals surface area contributed by atoms with Crippen molar-refractivity contribution in [3.05, 3.63) is 29.8 Å². The van der Waals surface area contributed by atoms with Gasteiger partial charge in [-0.05, 0) is 12.1 Å². The molecule has 6 nitrogen and oxygen atoms in total. The lowest BCUT2D eigenvalue weighted by molar-refractivity contribution is -0.132. The maximum atomic E-state index is 11.7. The summed E-state index contributed by atoms with van der Waals surface area (Å²) in [5.41, 5.74) is 6.93. The highest BCUT2D eigenvalue weighted by Crippen LogP contribution is 2.12. The van der Waals surface area contributed by atoms with Gasteiger partial charge in [-0.2, -0.15) is 0 Å². The molecule has 1 aromatic carbocycles. The van der Waals surface area contributed by atoms with Crippen molar-refractivity contribution in [1.82, 2.24) is 0 Å². The highest BCUT2D eigenvalue weighted by Gasteiger charge is 2.20. The fourth-order valence-corrected chi connectivity index (χ4v) is 1.67. The average Bonchev–Trinajstić information content (AvgIpc) is 2.93. The average molecular weight is 264 g/mol. The monoisotopic (exact) mass is 264 g/mol. The summed E-state index contributed by atoms with van der Waals surface area (Å²) in [6, 6.07) is 6.76. The number of anilines is 1. The summed E-state index contributed by atoms with van der Waals surface area (Å²) in [5.74, 6) is -0.552. The standard InChI is InChI=1S/C13H16N2O4/c1-17-13(16)12(9-2-4-10(14)5-3-9)15-19-11-6-7-18-8-11/h2-5,11H,6-8,14H2,1H3/t11-/m1/s1. The van der Waals surface area contributed by atoms with Gasteiger partial charge in [-0.15, -0.1) is 0 Å². The van der Waals surface area contributed by atoms with Crippen LogP contribution in [0.25, 0.3) is 0 Å². The molecule has 0 saturated carbocycles. The Hall–Kier alpha value is -2.08. The normalized spacial score (nSPS) is 19.2. The van der Waals surface area contributed by atoms with Crippen LogP contribution >= 0.6 is 0 Å². The number of nitrogen functional groups attached to an aromatic ring is 1. The van der Waals surface area contributed by atoms with Crippen LogP contribution in [-0.4, -0.2) is 38.1 Å². The molecule has 0 aromatic heterocycles. The van der Waals surface area contributed by atoms with Crippen molar-refractivity contribution in [3.63, 3.8) is 0 Å². The largest absolute Gasteiger partial charge is 0.464 e. The Kier molecular flexibility index (Phi) is 4.35. The molecule has 0 radical (unpaired) electrons. The molecule has 2 rings (SSSR count). The number of methoxy groups -OCH3 is 1. The number of carbonyl (C=O) groups excluding carboxylic acids is 1. The fraction of sp³-hybridized carbons (Fsp3) is 0.385. The summed E-state index contributed by atoms with van der Waals surface area (Å²) >= 11 is 0. The number of nitrogens with zero attached hydrogens (tertiary/aromatic N) is 1. The molecule has 1 saturated heterocycles. The van der Waals surface area contributed by atoms with Gasteiger partial charge < -0.3 is 20.0 Å². The van der Waals surface area contributed by atoms with E-state index in [0.29, 0.717) is 24.5 Å². The molecule has 1 aliphatic rings. The van der Waals surface area contributed by atoms with E-state index in [4.69, 9.17) is 20.0 Å². The van der Waals surface area contributed by atoms with Crippen LogP contribution in [0.2, 0.25) is 0 Å². The molecule has 0 aliphatic carbocycles. The van der Waals surface area contributed by atoms with E-state index in [1.54, 1.807) is 24.3 Å². The molecule has 19 heavy (non-hydrogen) atoms. The molecular weight excluding hydrogens is 248 g/mol. The molecular formula is C13H16N2O4. The van der Waals surface area contributed by atoms with Gasteiger partial charge in [0, 0.05) is 17.7 Å². The highest BCUT2D eigenvalue weighted by molar-refractivity contribution is 6.43. The molecule has 1 aromatic rings. The Balaban J connectivity index is 2.17. The van der Waals surface area contributed by atoms with E-state index in [1.807, 2.05) is 0 Å². The first-order valence-electron chi connectivity index (χ1n) is 5.96. The number of benzene rings is 1. The zero-order valence-electron chi connectivity index (χ0n) is 10.7. The molecule has 0 bridgehead atoms. The first-order valence-corrected chi connectivity index (χ1v) is 5.96. The quantitative estimate of drug-likeness (QED) is 0.379. The number of hydrogen-bond acceptors (Lipinski definition) is 6. The van der Waals surface area contributed by atoms with E-state index in [-0.39, 0.29) is 11.8 Å². The third kappa shape index (κ3) is 3.45. The number of esters is 1. The van der Waals surface area contributed by atoms with Gasteiger partial charge in [0.25, 0.3) is 0 Å². The van der Waals surface area contributed by atoms with Gasteiger partial charge in [-0.25, -0.2) is 4.79 Å². The van der Waals surface area contributed by atoms with E-state index in [0.717, 1.165) is 6.42 Å². The highest BCUT2D eigenvalue weighted by atomic mass is 16.7. The number of oxime groups is 1. The molecule has 0 unspecified atom stereocenters. The second-order valence-corrected chi connectivity index (χ2v) is 4.14. The molecule has 1 aliphatic heterocycles. The summed E-state index contributed by atoms with van der Waals surface area (Å²) in [7, 11) is 1.30. The second-order valence-electron chi connectivity index (χ2n) is 4.14. The zero-order chi connectivity index (χ0) is 13.7. The zero-order valence-corrected chi connectivity index (χ0v) is 10.7. The van der Waals surface area contributed by atoms with Crippen molar-refractivity contribution in [2.75, 3.05) is 26.1 Å². The van der Waals surface area contributed by atoms with Crippen LogP contribution in [0.3, 0.4) is 0 Å². The van der Waals surface area contributed by atoms with Gasteiger partial charge >= 0.3 is 5.97 Å². The number of hydrogen-bond donors (Lipinski definition) is 1. The Labute approximate surface area is 111 Å². The molecule has 1 heterocycles. The van der Waals surface area contributed by atoms with Gasteiger partial charge in [0.2, 0.25) is 0 Å². The predicted molar refractivity (Wildman–Crippen MR) is 69.7 cm³/mol. The fourth-order valence-electron chi connectivity index (χ4n) is 1.67. The van der Waals surface area contributed by atoms with E-state index in [1.165, 1.54) is 7.11 Å². The molecule has 102 valence electrons. The summed E-state index contributed by atoms with van der Waals surface area (Å²) in [4.78, 5) is 17.0. The second kappa shape index (κ2) is 6.19. The lowest BCUT2D eigenvalue weighted by atomic mass is 10.1. The van der Waals surface area contributed by atoms with Gasteiger partial charge in [-0.1, -0.05) is 17.3 Å². The van der Waals surface area contributed by atoms with Crippen molar-refractivity contribution in [2.45, 2.75) is 12.5 Å². The molecule has 6 heteroatoms. The van der Waals surface area contributed by atoms with Gasteiger partial charge in [0.1, 0.15) is 0 Å². The van der Waals surface area contributed by atoms with Crippen LogP contribution in [0, 0.1) is 0 Å². The maximum absolute atomic E-state index is 11.7. The Morgan fingerprint density at radius 2 is 2.16 bits per heavy atom. The number of nitrogens with two attached hydrogens (primary N) is 1. The third-order valence-electron chi connectivity index (χ3n) is 2.74. The minimum Gasteiger partial charge on any atom is -0.464 e. The molecule has 1 fully saturated rings. The van der Waals surface area contributed by atoms with E-state index >= 15 is 0 Å². The summed E-state index contributed by atoms with van der Waals surface area (Å²) in [6.45, 7) is 1.13. The lowest BCUT2D eigenvalue weighted by Crippen LogP contribution is -2.19. The minimum absolute atomic E-state index is 0.117. The molecule has 0 amide bonds. The van der Waals surface area contributed by atoms with Crippen LogP contribution in [0.4, 0.5) is 5.69 Å². The van der Waals surface area contributed by atoms with Crippen LogP contribution in [0.1, 0.15) is 12.0 Å². The van der Waals surface area contributed by atoms with E-state index < -0.39 is 5.97 Å². The third-order valence-corrected chi connectivity index (χ3v) is 2.74. The van der Waals surface area contributed by atoms with Crippen molar-refractivity contribution in [2.24, 2.45) is 5.16 Å². The number of rotatable bonds is 4. The Bertz CT molecular complexity index is 464. The van der Waals surface area contributed by atoms with Crippen LogP contribution in [0.15, 0.2) is 29.4 Å². The first kappa shape index (κ1) is 13.4. The summed E-state index contributed by atoms with van der Waals surface area (Å²) in [5, 5.41) is 3.90. The summed E-state index contributed by atoms with van der Waals surface area (Å²) in [6.07, 6.45) is 0.646. The van der Waals surface area contributed by atoms with Crippen molar-refractivity contribution >= 4 is 17.4 Å². The van der Waals surface area contributed by atoms with Crippen LogP contribution in [-0.2, 0) is 19.1 Å². The van der Waals surface area contributed by atoms with Crippen molar-refractivity contribution < 1.29 is 19.1 Å². The first-order chi connectivity index (χ1) is 9.20. The van der Waals surface area contributed by atoms with Crippen molar-refractivity contribution in [3.8, 4) is 0 Å². The van der Waals surface area contributed by atoms with E-state index in [9.17, 15) is 4.79 Å². The smallest absolute Gasteiger partial charge is 0.360 e. The van der Waals surface area contributed by atoms with Gasteiger partial charge in [0.15, 0.2) is 11.8 Å². The number of carbonyl (C=O) groups is 1. The predicted octanol–water partition coefficient (Wildman–Crippen LogP) is 0.951. The lowest BCUT2D eigenvalue weighted by Gasteiger charge is -2.08. The minimum atomic E-state index is -0.552. The van der Waals surface area contributed by atoms with Crippen LogP contribution < -0.4 is 5.73 Å². The molecule has 1 atom stereocenters. The molecule has 0 spiro atoms. The van der Waals surface area contributed by atoms with Crippen molar-refractivity contribution in [1.29, 1.82) is 0 Å². The van der Waals surface area contributed by atoms with Crippen LogP contribution in [0.5, 0.6) is 0 Å². The molecule has 2 N–H and O–H groups in total. The number of ether oxygens (including phenoxy) is 2. The van der Waals surface area contributed by atoms with Gasteiger partial charge in [0.05, 0.1) is 20.3 Å². The maximum Gasteiger partial charge on any atom is 0.360 e.